The summed E-state index contributed by atoms with van der Waals surface area (Å²) in [5, 5.41) is 2.45. The van der Waals surface area contributed by atoms with Gasteiger partial charge in [0.05, 0.1) is 5.56 Å². The first-order chi connectivity index (χ1) is 9.99. The molecule has 1 aromatic rings. The van der Waals surface area contributed by atoms with Crippen LogP contribution in [-0.2, 0) is 10.9 Å². The highest BCUT2D eigenvalue weighted by atomic mass is 19.4. The zero-order valence-corrected chi connectivity index (χ0v) is 12.5. The number of carbonyl (C=O) groups excluding carboxylic acids is 1. The molecular weight excluding hydrogens is 299 g/mol. The summed E-state index contributed by atoms with van der Waals surface area (Å²) in [5.74, 6) is -0.573. The summed E-state index contributed by atoms with van der Waals surface area (Å²) in [7, 11) is 0. The summed E-state index contributed by atoms with van der Waals surface area (Å²) in [4.78, 5) is 14.9. The Hall–Kier alpha value is -2.25. The Morgan fingerprint density at radius 3 is 2.59 bits per heavy atom. The summed E-state index contributed by atoms with van der Waals surface area (Å²) < 4.78 is 43.0. The number of rotatable bonds is 3. The van der Waals surface area contributed by atoms with E-state index in [4.69, 9.17) is 10.5 Å². The minimum Gasteiger partial charge on any atom is -0.444 e. The predicted octanol–water partition coefficient (Wildman–Crippen LogP) is 3.22. The predicted molar refractivity (Wildman–Crippen MR) is 76.9 cm³/mol. The molecule has 1 rings (SSSR count). The number of pyridine rings is 1. The van der Waals surface area contributed by atoms with Gasteiger partial charge in [0.2, 0.25) is 0 Å². The van der Waals surface area contributed by atoms with Gasteiger partial charge in [-0.05, 0) is 32.4 Å². The van der Waals surface area contributed by atoms with Gasteiger partial charge in [0, 0.05) is 12.7 Å². The molecule has 0 radical (unpaired) electrons. The molecule has 0 aliphatic heterocycles. The van der Waals surface area contributed by atoms with Crippen LogP contribution >= 0.6 is 0 Å². The van der Waals surface area contributed by atoms with E-state index in [-0.39, 0.29) is 12.1 Å². The lowest BCUT2D eigenvalue weighted by molar-refractivity contribution is -0.137. The fourth-order valence-electron chi connectivity index (χ4n) is 1.46. The van der Waals surface area contributed by atoms with E-state index in [0.29, 0.717) is 0 Å². The van der Waals surface area contributed by atoms with Gasteiger partial charge in [-0.3, -0.25) is 0 Å². The number of alkyl halides is 3. The second-order valence-corrected chi connectivity index (χ2v) is 5.48. The lowest BCUT2D eigenvalue weighted by Crippen LogP contribution is -2.32. The summed E-state index contributed by atoms with van der Waals surface area (Å²) in [6.07, 6.45) is -1.07. The Morgan fingerprint density at radius 1 is 1.41 bits per heavy atom. The summed E-state index contributed by atoms with van der Waals surface area (Å²) in [6.45, 7) is 5.28. The molecule has 8 heteroatoms. The van der Waals surface area contributed by atoms with Crippen LogP contribution in [0.1, 0.15) is 31.9 Å². The van der Waals surface area contributed by atoms with Crippen molar-refractivity contribution in [3.05, 3.63) is 29.5 Å². The molecule has 0 aromatic carbocycles. The monoisotopic (exact) mass is 317 g/mol. The number of carbonyl (C=O) groups is 1. The second kappa shape index (κ2) is 6.67. The number of ether oxygens (including phenoxy) is 1. The molecule has 3 N–H and O–H groups in total. The fraction of sp³-hybridized carbons (Fsp3) is 0.429. The first kappa shape index (κ1) is 17.8. The molecule has 0 unspecified atom stereocenters. The molecule has 0 saturated carbocycles. The average molecular weight is 317 g/mol. The second-order valence-electron chi connectivity index (χ2n) is 5.48. The quantitative estimate of drug-likeness (QED) is 0.897. The van der Waals surface area contributed by atoms with Crippen LogP contribution in [-0.4, -0.2) is 23.2 Å². The van der Waals surface area contributed by atoms with Crippen molar-refractivity contribution in [1.82, 2.24) is 10.3 Å². The molecule has 0 spiro atoms. The number of nitrogens with one attached hydrogen (secondary N) is 1. The normalized spacial score (nSPS) is 12.5. The Bertz CT molecular complexity index is 563. The minimum absolute atomic E-state index is 0.112. The third kappa shape index (κ3) is 6.02. The van der Waals surface area contributed by atoms with E-state index in [1.54, 1.807) is 20.8 Å². The molecule has 122 valence electrons. The van der Waals surface area contributed by atoms with Crippen molar-refractivity contribution in [2.45, 2.75) is 32.5 Å². The number of anilines is 1. The molecular formula is C14H18F3N3O2. The molecule has 5 nitrogen and oxygen atoms in total. The Labute approximate surface area is 126 Å². The first-order valence-corrected chi connectivity index (χ1v) is 6.45. The summed E-state index contributed by atoms with van der Waals surface area (Å²) in [5.41, 5.74) is 3.82. The maximum Gasteiger partial charge on any atom is 0.419 e. The van der Waals surface area contributed by atoms with E-state index < -0.39 is 29.3 Å². The van der Waals surface area contributed by atoms with Crippen LogP contribution in [0.2, 0.25) is 0 Å². The van der Waals surface area contributed by atoms with Gasteiger partial charge in [0.15, 0.2) is 0 Å². The Balaban J connectivity index is 2.63. The van der Waals surface area contributed by atoms with Gasteiger partial charge in [-0.25, -0.2) is 9.78 Å². The lowest BCUT2D eigenvalue weighted by Gasteiger charge is -2.19. The van der Waals surface area contributed by atoms with Crippen LogP contribution in [0.4, 0.5) is 23.8 Å². The SMILES string of the molecule is CC(C)(C)OC(=O)NCC=Cc1cnc(N)c(C(F)(F)F)c1. The number of halogens is 3. The van der Waals surface area contributed by atoms with Crippen LogP contribution in [0, 0.1) is 0 Å². The van der Waals surface area contributed by atoms with E-state index in [1.165, 1.54) is 18.3 Å². The lowest BCUT2D eigenvalue weighted by atomic mass is 10.1. The van der Waals surface area contributed by atoms with Crippen molar-refractivity contribution < 1.29 is 22.7 Å². The van der Waals surface area contributed by atoms with Gasteiger partial charge in [0.1, 0.15) is 11.4 Å². The number of nitrogens with zero attached hydrogens (tertiary/aromatic N) is 1. The molecule has 0 aliphatic carbocycles. The van der Waals surface area contributed by atoms with Crippen molar-refractivity contribution >= 4 is 18.0 Å². The average Bonchev–Trinajstić information content (AvgIpc) is 2.33. The molecule has 0 fully saturated rings. The standard InChI is InChI=1S/C14H18F3N3O2/c1-13(2,3)22-12(21)19-6-4-5-9-7-10(14(15,16)17)11(18)20-8-9/h4-5,7-8H,6H2,1-3H3,(H2,18,20)(H,19,21). The van der Waals surface area contributed by atoms with Gasteiger partial charge in [-0.15, -0.1) is 0 Å². The van der Waals surface area contributed by atoms with Crippen molar-refractivity contribution in [3.8, 4) is 0 Å². The number of amides is 1. The minimum atomic E-state index is -4.56. The first-order valence-electron chi connectivity index (χ1n) is 6.45. The van der Waals surface area contributed by atoms with Crippen molar-refractivity contribution in [2.24, 2.45) is 0 Å². The van der Waals surface area contributed by atoms with Crippen LogP contribution in [0.25, 0.3) is 6.08 Å². The summed E-state index contributed by atoms with van der Waals surface area (Å²) in [6, 6.07) is 0.895. The highest BCUT2D eigenvalue weighted by Crippen LogP contribution is 2.33. The molecule has 1 heterocycles. The number of aromatic nitrogens is 1. The molecule has 0 aliphatic rings. The van der Waals surface area contributed by atoms with E-state index in [0.717, 1.165) is 6.07 Å². The van der Waals surface area contributed by atoms with Gasteiger partial charge in [0.25, 0.3) is 0 Å². The van der Waals surface area contributed by atoms with E-state index in [1.807, 2.05) is 0 Å². The highest BCUT2D eigenvalue weighted by molar-refractivity contribution is 5.68. The molecule has 0 bridgehead atoms. The van der Waals surface area contributed by atoms with Gasteiger partial charge in [-0.1, -0.05) is 12.2 Å². The number of alkyl carbamates (subject to hydrolysis) is 1. The van der Waals surface area contributed by atoms with Gasteiger partial charge in [-0.2, -0.15) is 13.2 Å². The third-order valence-corrected chi connectivity index (χ3v) is 2.32. The van der Waals surface area contributed by atoms with Crippen LogP contribution in [0.3, 0.4) is 0 Å². The zero-order chi connectivity index (χ0) is 17.0. The number of hydrogen-bond acceptors (Lipinski definition) is 4. The molecule has 1 amide bonds. The Morgan fingerprint density at radius 2 is 2.05 bits per heavy atom. The molecule has 1 aromatic heterocycles. The zero-order valence-electron chi connectivity index (χ0n) is 12.5. The fourth-order valence-corrected chi connectivity index (χ4v) is 1.46. The maximum atomic E-state index is 12.7. The van der Waals surface area contributed by atoms with Gasteiger partial charge >= 0.3 is 12.3 Å². The van der Waals surface area contributed by atoms with E-state index in [2.05, 4.69) is 10.3 Å². The van der Waals surface area contributed by atoms with Crippen molar-refractivity contribution in [2.75, 3.05) is 12.3 Å². The molecule has 0 atom stereocenters. The van der Waals surface area contributed by atoms with Crippen molar-refractivity contribution in [3.63, 3.8) is 0 Å². The van der Waals surface area contributed by atoms with Crippen LogP contribution < -0.4 is 11.1 Å². The highest BCUT2D eigenvalue weighted by Gasteiger charge is 2.33. The van der Waals surface area contributed by atoms with E-state index in [9.17, 15) is 18.0 Å². The van der Waals surface area contributed by atoms with Crippen LogP contribution in [0.15, 0.2) is 18.3 Å². The molecule has 22 heavy (non-hydrogen) atoms. The number of nitrogens with two attached hydrogens (primary N) is 1. The van der Waals surface area contributed by atoms with Crippen molar-refractivity contribution in [1.29, 1.82) is 0 Å². The maximum absolute atomic E-state index is 12.7. The smallest absolute Gasteiger partial charge is 0.419 e. The number of nitrogen functional groups attached to an aromatic ring is 1. The van der Waals surface area contributed by atoms with E-state index >= 15 is 0 Å². The largest absolute Gasteiger partial charge is 0.444 e. The summed E-state index contributed by atoms with van der Waals surface area (Å²) >= 11 is 0. The Kier molecular flexibility index (Phi) is 5.40. The third-order valence-electron chi connectivity index (χ3n) is 2.32. The van der Waals surface area contributed by atoms with Gasteiger partial charge < -0.3 is 15.8 Å². The number of hydrogen-bond donors (Lipinski definition) is 2. The molecule has 0 saturated heterocycles. The van der Waals surface area contributed by atoms with Crippen LogP contribution in [0.5, 0.6) is 0 Å². The topological polar surface area (TPSA) is 77.2 Å².